The average molecular weight is 441 g/mol. The van der Waals surface area contributed by atoms with Crippen molar-refractivity contribution in [3.05, 3.63) is 90.3 Å². The summed E-state index contributed by atoms with van der Waals surface area (Å²) >= 11 is 5.57. The minimum Gasteiger partial charge on any atom is -0.432 e. The summed E-state index contributed by atoms with van der Waals surface area (Å²) in [6.07, 6.45) is 4.19. The lowest BCUT2D eigenvalue weighted by molar-refractivity contribution is 0.102. The summed E-state index contributed by atoms with van der Waals surface area (Å²) in [5.74, 6) is 0.369. The fourth-order valence-electron chi connectivity index (χ4n) is 3.91. The molecule has 0 unspecified atom stereocenters. The molecule has 1 atom stereocenters. The summed E-state index contributed by atoms with van der Waals surface area (Å²) in [6.45, 7) is 2.13. The van der Waals surface area contributed by atoms with Gasteiger partial charge in [0.15, 0.2) is 0 Å². The minimum atomic E-state index is -0.218. The number of hydrogen-bond donors (Lipinski definition) is 1. The predicted octanol–water partition coefficient (Wildman–Crippen LogP) is 5.00. The lowest BCUT2D eigenvalue weighted by atomic mass is 10.1. The molecular formula is C25H20N4O2S. The molecule has 1 aliphatic rings. The maximum Gasteiger partial charge on any atom is 0.269 e. The van der Waals surface area contributed by atoms with Gasteiger partial charge in [-0.2, -0.15) is 0 Å². The Morgan fingerprint density at radius 1 is 1.03 bits per heavy atom. The highest BCUT2D eigenvalue weighted by Crippen LogP contribution is 2.32. The quantitative estimate of drug-likeness (QED) is 0.453. The van der Waals surface area contributed by atoms with Gasteiger partial charge in [0.05, 0.1) is 11.0 Å². The SMILES string of the molecule is C[C@@H]1Cc2ccccc2N1C(=S)Oc1ccc(C(=O)Nc2ccc3nccnc3c2)cc1. The number of rotatable bonds is 3. The number of aromatic nitrogens is 2. The molecule has 0 spiro atoms. The summed E-state index contributed by atoms with van der Waals surface area (Å²) in [5, 5.41) is 3.29. The molecule has 0 bridgehead atoms. The highest BCUT2D eigenvalue weighted by atomic mass is 32.1. The van der Waals surface area contributed by atoms with E-state index in [0.29, 0.717) is 22.2 Å². The summed E-state index contributed by atoms with van der Waals surface area (Å²) < 4.78 is 5.94. The van der Waals surface area contributed by atoms with E-state index in [-0.39, 0.29) is 11.9 Å². The van der Waals surface area contributed by atoms with Gasteiger partial charge in [0, 0.05) is 35.4 Å². The Bertz CT molecular complexity index is 1320. The topological polar surface area (TPSA) is 67.3 Å². The number of nitrogens with one attached hydrogen (secondary N) is 1. The second-order valence-electron chi connectivity index (χ2n) is 7.66. The van der Waals surface area contributed by atoms with Gasteiger partial charge in [0.2, 0.25) is 0 Å². The summed E-state index contributed by atoms with van der Waals surface area (Å²) in [4.78, 5) is 23.2. The summed E-state index contributed by atoms with van der Waals surface area (Å²) in [6, 6.07) is 20.8. The van der Waals surface area contributed by atoms with Gasteiger partial charge in [-0.15, -0.1) is 0 Å². The molecule has 5 rings (SSSR count). The van der Waals surface area contributed by atoms with Crippen LogP contribution in [0.5, 0.6) is 5.75 Å². The third kappa shape index (κ3) is 3.90. The van der Waals surface area contributed by atoms with Gasteiger partial charge in [0.1, 0.15) is 5.75 Å². The molecule has 1 N–H and O–H groups in total. The van der Waals surface area contributed by atoms with Crippen molar-refractivity contribution >= 4 is 45.7 Å². The van der Waals surface area contributed by atoms with E-state index >= 15 is 0 Å². The van der Waals surface area contributed by atoms with Crippen molar-refractivity contribution in [1.82, 2.24) is 9.97 Å². The van der Waals surface area contributed by atoms with Crippen molar-refractivity contribution in [3.8, 4) is 5.75 Å². The number of ether oxygens (including phenoxy) is 1. The molecular weight excluding hydrogens is 420 g/mol. The van der Waals surface area contributed by atoms with Crippen LogP contribution in [0.15, 0.2) is 79.1 Å². The molecule has 1 amide bonds. The Kier molecular flexibility index (Phi) is 5.25. The molecule has 6 nitrogen and oxygen atoms in total. The number of fused-ring (bicyclic) bond motifs is 2. The van der Waals surface area contributed by atoms with Crippen molar-refractivity contribution in [3.63, 3.8) is 0 Å². The fraction of sp³-hybridized carbons (Fsp3) is 0.120. The van der Waals surface area contributed by atoms with Gasteiger partial charge in [-0.05, 0) is 79.7 Å². The molecule has 2 heterocycles. The Labute approximate surface area is 190 Å². The lowest BCUT2D eigenvalue weighted by Gasteiger charge is -2.24. The zero-order valence-corrected chi connectivity index (χ0v) is 18.2. The first kappa shape index (κ1) is 20.1. The first-order chi connectivity index (χ1) is 15.6. The summed E-state index contributed by atoms with van der Waals surface area (Å²) in [7, 11) is 0. The van der Waals surface area contributed by atoms with E-state index in [1.807, 2.05) is 23.1 Å². The van der Waals surface area contributed by atoms with Crippen molar-refractivity contribution < 1.29 is 9.53 Å². The van der Waals surface area contributed by atoms with Crippen LogP contribution >= 0.6 is 12.2 Å². The number of thiocarbonyl (C=S) groups is 1. The molecule has 32 heavy (non-hydrogen) atoms. The molecule has 0 saturated carbocycles. The van der Waals surface area contributed by atoms with Crippen molar-refractivity contribution in [2.45, 2.75) is 19.4 Å². The zero-order chi connectivity index (χ0) is 22.1. The Morgan fingerprint density at radius 3 is 2.59 bits per heavy atom. The van der Waals surface area contributed by atoms with E-state index in [0.717, 1.165) is 23.1 Å². The molecule has 0 fully saturated rings. The van der Waals surface area contributed by atoms with Crippen LogP contribution in [0.3, 0.4) is 0 Å². The lowest BCUT2D eigenvalue weighted by Crippen LogP contribution is -2.37. The van der Waals surface area contributed by atoms with Crippen LogP contribution < -0.4 is 15.0 Å². The first-order valence-corrected chi connectivity index (χ1v) is 10.7. The van der Waals surface area contributed by atoms with Crippen LogP contribution in [0.4, 0.5) is 11.4 Å². The van der Waals surface area contributed by atoms with Gasteiger partial charge in [-0.3, -0.25) is 19.7 Å². The molecule has 158 valence electrons. The maximum absolute atomic E-state index is 12.7. The van der Waals surface area contributed by atoms with Crippen molar-refractivity contribution in [2.75, 3.05) is 10.2 Å². The van der Waals surface area contributed by atoms with Crippen LogP contribution in [0, 0.1) is 0 Å². The van der Waals surface area contributed by atoms with Crippen molar-refractivity contribution in [2.24, 2.45) is 0 Å². The number of carbonyl (C=O) groups excluding carboxylic acids is 1. The average Bonchev–Trinajstić information content (AvgIpc) is 3.15. The second kappa shape index (κ2) is 8.36. The molecule has 0 radical (unpaired) electrons. The van der Waals surface area contributed by atoms with E-state index < -0.39 is 0 Å². The van der Waals surface area contributed by atoms with Crippen LogP contribution in [-0.4, -0.2) is 27.1 Å². The smallest absolute Gasteiger partial charge is 0.269 e. The van der Waals surface area contributed by atoms with Crippen LogP contribution in [0.25, 0.3) is 11.0 Å². The summed E-state index contributed by atoms with van der Waals surface area (Å²) in [5.41, 5.74) is 5.02. The van der Waals surface area contributed by atoms with E-state index in [4.69, 9.17) is 17.0 Å². The van der Waals surface area contributed by atoms with Gasteiger partial charge >= 0.3 is 0 Å². The number of hydrogen-bond acceptors (Lipinski definition) is 5. The van der Waals surface area contributed by atoms with E-state index in [2.05, 4.69) is 34.3 Å². The fourth-order valence-corrected chi connectivity index (χ4v) is 4.29. The number of carbonyl (C=O) groups is 1. The van der Waals surface area contributed by atoms with Gasteiger partial charge in [0.25, 0.3) is 11.1 Å². The van der Waals surface area contributed by atoms with Crippen molar-refractivity contribution in [1.29, 1.82) is 0 Å². The third-order valence-corrected chi connectivity index (χ3v) is 5.73. The molecule has 3 aromatic carbocycles. The second-order valence-corrected chi connectivity index (χ2v) is 8.01. The Balaban J connectivity index is 1.26. The van der Waals surface area contributed by atoms with E-state index in [9.17, 15) is 4.79 Å². The molecule has 7 heteroatoms. The maximum atomic E-state index is 12.7. The largest absolute Gasteiger partial charge is 0.432 e. The zero-order valence-electron chi connectivity index (χ0n) is 17.4. The molecule has 1 aromatic heterocycles. The monoisotopic (exact) mass is 440 g/mol. The minimum absolute atomic E-state index is 0.218. The first-order valence-electron chi connectivity index (χ1n) is 10.3. The molecule has 4 aromatic rings. The van der Waals surface area contributed by atoms with Gasteiger partial charge < -0.3 is 10.1 Å². The predicted molar refractivity (Wildman–Crippen MR) is 129 cm³/mol. The Morgan fingerprint density at radius 2 is 1.78 bits per heavy atom. The molecule has 0 aliphatic carbocycles. The highest BCUT2D eigenvalue weighted by Gasteiger charge is 2.29. The van der Waals surface area contributed by atoms with E-state index in [1.54, 1.807) is 48.8 Å². The molecule has 0 saturated heterocycles. The standard InChI is InChI=1S/C25H20N4O2S/c1-16-14-18-4-2-3-5-23(18)29(16)25(32)31-20-9-6-17(7-10-20)24(30)28-19-8-11-21-22(15-19)27-13-12-26-21/h2-13,15-16H,14H2,1H3,(H,28,30)/t16-/m1/s1. The normalized spacial score (nSPS) is 14.8. The van der Waals surface area contributed by atoms with Crippen LogP contribution in [0.1, 0.15) is 22.8 Å². The highest BCUT2D eigenvalue weighted by molar-refractivity contribution is 7.80. The van der Waals surface area contributed by atoms with Gasteiger partial charge in [-0.1, -0.05) is 18.2 Å². The third-order valence-electron chi connectivity index (χ3n) is 5.45. The molecule has 1 aliphatic heterocycles. The van der Waals surface area contributed by atoms with Gasteiger partial charge in [-0.25, -0.2) is 0 Å². The number of nitrogens with zero attached hydrogens (tertiary/aromatic N) is 3. The number of benzene rings is 3. The van der Waals surface area contributed by atoms with E-state index in [1.165, 1.54) is 5.56 Å². The van der Waals surface area contributed by atoms with Crippen LogP contribution in [0.2, 0.25) is 0 Å². The number of para-hydroxylation sites is 1. The van der Waals surface area contributed by atoms with Crippen LogP contribution in [-0.2, 0) is 6.42 Å². The number of anilines is 2. The Hall–Kier alpha value is -3.84. The number of amides is 1.